The third-order valence-corrected chi connectivity index (χ3v) is 12.5. The van der Waals surface area contributed by atoms with Crippen LogP contribution in [0.5, 0.6) is 0 Å². The predicted molar refractivity (Wildman–Crippen MR) is 253 cm³/mol. The molecule has 0 atom stereocenters. The molecule has 280 valence electrons. The van der Waals surface area contributed by atoms with E-state index in [9.17, 15) is 0 Å². The van der Waals surface area contributed by atoms with E-state index in [0.29, 0.717) is 0 Å². The van der Waals surface area contributed by atoms with Gasteiger partial charge in [-0.3, -0.25) is 0 Å². The molecule has 2 heteroatoms. The third-order valence-electron chi connectivity index (χ3n) is 12.5. The highest BCUT2D eigenvalue weighted by Crippen LogP contribution is 2.54. The van der Waals surface area contributed by atoms with Crippen LogP contribution in [0, 0.1) is 0 Å². The first kappa shape index (κ1) is 34.8. The highest BCUT2D eigenvalue weighted by atomic mass is 15.2. The lowest BCUT2D eigenvalue weighted by Gasteiger charge is -2.31. The van der Waals surface area contributed by atoms with Crippen molar-refractivity contribution in [2.24, 2.45) is 0 Å². The molecule has 1 aliphatic rings. The second kappa shape index (κ2) is 13.6. The van der Waals surface area contributed by atoms with Gasteiger partial charge in [-0.25, -0.2) is 0 Å². The normalized spacial score (nSPS) is 12.8. The average Bonchev–Trinajstić information content (AvgIpc) is 3.51. The summed E-state index contributed by atoms with van der Waals surface area (Å²) < 4.78 is 0. The van der Waals surface area contributed by atoms with Gasteiger partial charge >= 0.3 is 0 Å². The molecule has 0 bridgehead atoms. The van der Waals surface area contributed by atoms with Crippen LogP contribution >= 0.6 is 0 Å². The minimum absolute atomic E-state index is 0.279. The second-order valence-corrected chi connectivity index (χ2v) is 16.2. The van der Waals surface area contributed by atoms with E-state index < -0.39 is 0 Å². The van der Waals surface area contributed by atoms with Crippen LogP contribution < -0.4 is 9.80 Å². The first-order valence-electron chi connectivity index (χ1n) is 20.5. The summed E-state index contributed by atoms with van der Waals surface area (Å²) in [4.78, 5) is 4.93. The summed E-state index contributed by atoms with van der Waals surface area (Å²) in [5.74, 6) is 0. The largest absolute Gasteiger partial charge is 0.309 e. The lowest BCUT2D eigenvalue weighted by Crippen LogP contribution is -2.18. The number of hydrogen-bond donors (Lipinski definition) is 0. The van der Waals surface area contributed by atoms with Crippen LogP contribution in [-0.4, -0.2) is 0 Å². The molecule has 0 radical (unpaired) electrons. The Morgan fingerprint density at radius 2 is 0.729 bits per heavy atom. The molecule has 0 N–H and O–H groups in total. The van der Waals surface area contributed by atoms with Crippen molar-refractivity contribution in [3.8, 4) is 11.1 Å². The molecule has 0 amide bonds. The summed E-state index contributed by atoms with van der Waals surface area (Å²) in [6.07, 6.45) is 1.91. The first-order valence-corrected chi connectivity index (χ1v) is 20.5. The number of benzene rings is 10. The van der Waals surface area contributed by atoms with Gasteiger partial charge in [-0.15, -0.1) is 0 Å². The molecular formula is C57H42N2. The lowest BCUT2D eigenvalue weighted by atomic mass is 9.82. The molecule has 0 unspecified atom stereocenters. The number of hydrogen-bond acceptors (Lipinski definition) is 2. The molecule has 2 nitrogen and oxygen atoms in total. The molecule has 0 spiro atoms. The van der Waals surface area contributed by atoms with E-state index >= 15 is 0 Å². The zero-order chi connectivity index (χ0) is 39.7. The van der Waals surface area contributed by atoms with Crippen LogP contribution in [-0.2, 0) is 5.41 Å². The van der Waals surface area contributed by atoms with Crippen molar-refractivity contribution in [1.82, 2.24) is 0 Å². The number of para-hydroxylation sites is 1. The SMILES string of the molecule is C=Cc1ccc(N(c2ccc3c(c2)C(C)(C)c2cc(N(c4ccccc4)c4c5ccccc5cc5ccccc45)ccc2-3)c2c3ccccc3cc3ccccc23)cc1. The van der Waals surface area contributed by atoms with Crippen molar-refractivity contribution in [2.75, 3.05) is 9.80 Å². The molecule has 0 saturated carbocycles. The number of nitrogens with zero attached hydrogens (tertiary/aromatic N) is 2. The summed E-state index contributed by atoms with van der Waals surface area (Å²) in [7, 11) is 0. The van der Waals surface area contributed by atoms with Gasteiger partial charge in [0.2, 0.25) is 0 Å². The molecule has 10 aromatic rings. The molecule has 0 aliphatic heterocycles. The maximum Gasteiger partial charge on any atom is 0.0618 e. The van der Waals surface area contributed by atoms with Gasteiger partial charge in [0, 0.05) is 49.7 Å². The fourth-order valence-electron chi connectivity index (χ4n) is 9.60. The molecule has 0 aromatic heterocycles. The topological polar surface area (TPSA) is 6.48 Å². The molecule has 11 rings (SSSR count). The van der Waals surface area contributed by atoms with Gasteiger partial charge in [-0.05, 0) is 110 Å². The summed E-state index contributed by atoms with van der Waals surface area (Å²) in [6.45, 7) is 8.82. The quantitative estimate of drug-likeness (QED) is 0.150. The lowest BCUT2D eigenvalue weighted by molar-refractivity contribution is 0.660. The van der Waals surface area contributed by atoms with E-state index in [2.05, 4.69) is 230 Å². The van der Waals surface area contributed by atoms with Crippen LogP contribution in [0.4, 0.5) is 34.1 Å². The van der Waals surface area contributed by atoms with Crippen molar-refractivity contribution in [3.05, 3.63) is 223 Å². The fourth-order valence-corrected chi connectivity index (χ4v) is 9.60. The van der Waals surface area contributed by atoms with Crippen molar-refractivity contribution in [1.29, 1.82) is 0 Å². The number of fused-ring (bicyclic) bond motifs is 7. The Morgan fingerprint density at radius 3 is 1.14 bits per heavy atom. The van der Waals surface area contributed by atoms with Gasteiger partial charge in [0.05, 0.1) is 11.4 Å². The Kier molecular flexibility index (Phi) is 8.03. The van der Waals surface area contributed by atoms with Crippen LogP contribution in [0.3, 0.4) is 0 Å². The van der Waals surface area contributed by atoms with Crippen LogP contribution in [0.2, 0.25) is 0 Å². The van der Waals surface area contributed by atoms with Crippen LogP contribution in [0.15, 0.2) is 207 Å². The van der Waals surface area contributed by atoms with E-state index in [1.165, 1.54) is 76.7 Å². The van der Waals surface area contributed by atoms with Gasteiger partial charge in [-0.1, -0.05) is 166 Å². The zero-order valence-electron chi connectivity index (χ0n) is 33.2. The van der Waals surface area contributed by atoms with Crippen molar-refractivity contribution in [2.45, 2.75) is 19.3 Å². The fraction of sp³-hybridized carbons (Fsp3) is 0.0526. The van der Waals surface area contributed by atoms with E-state index in [0.717, 1.165) is 28.3 Å². The summed E-state index contributed by atoms with van der Waals surface area (Å²) in [5, 5.41) is 9.78. The van der Waals surface area contributed by atoms with E-state index in [-0.39, 0.29) is 5.41 Å². The third kappa shape index (κ3) is 5.56. The minimum atomic E-state index is -0.279. The maximum absolute atomic E-state index is 4.04. The molecular weight excluding hydrogens is 713 g/mol. The van der Waals surface area contributed by atoms with Gasteiger partial charge < -0.3 is 9.80 Å². The smallest absolute Gasteiger partial charge is 0.0618 e. The van der Waals surface area contributed by atoms with Crippen molar-refractivity contribution < 1.29 is 0 Å². The second-order valence-electron chi connectivity index (χ2n) is 16.2. The van der Waals surface area contributed by atoms with E-state index in [4.69, 9.17) is 0 Å². The Morgan fingerprint density at radius 1 is 0.373 bits per heavy atom. The molecule has 0 saturated heterocycles. The molecule has 0 heterocycles. The van der Waals surface area contributed by atoms with Crippen LogP contribution in [0.1, 0.15) is 30.5 Å². The predicted octanol–water partition coefficient (Wildman–Crippen LogP) is 16.2. The van der Waals surface area contributed by atoms with Crippen molar-refractivity contribution >= 4 is 83.3 Å². The minimum Gasteiger partial charge on any atom is -0.309 e. The molecule has 10 aromatic carbocycles. The summed E-state index contributed by atoms with van der Waals surface area (Å²) >= 11 is 0. The van der Waals surface area contributed by atoms with E-state index in [1.54, 1.807) is 0 Å². The highest BCUT2D eigenvalue weighted by Gasteiger charge is 2.37. The Bertz CT molecular complexity index is 3160. The highest BCUT2D eigenvalue weighted by molar-refractivity contribution is 6.15. The monoisotopic (exact) mass is 754 g/mol. The Hall–Kier alpha value is -7.42. The Balaban J connectivity index is 1.10. The van der Waals surface area contributed by atoms with Crippen LogP contribution in [0.25, 0.3) is 60.3 Å². The average molecular weight is 755 g/mol. The van der Waals surface area contributed by atoms with Crippen molar-refractivity contribution in [3.63, 3.8) is 0 Å². The molecule has 1 aliphatic carbocycles. The Labute approximate surface area is 345 Å². The summed E-state index contributed by atoms with van der Waals surface area (Å²) in [6, 6.07) is 73.6. The van der Waals surface area contributed by atoms with Gasteiger partial charge in [-0.2, -0.15) is 0 Å². The van der Waals surface area contributed by atoms with E-state index in [1.807, 2.05) is 6.08 Å². The molecule has 0 fully saturated rings. The first-order chi connectivity index (χ1) is 29.0. The summed E-state index contributed by atoms with van der Waals surface area (Å²) in [5.41, 5.74) is 12.9. The molecule has 59 heavy (non-hydrogen) atoms. The maximum atomic E-state index is 4.04. The zero-order valence-corrected chi connectivity index (χ0v) is 33.2. The number of rotatable bonds is 7. The standard InChI is InChI=1S/C57H42N2/c1-4-38-26-28-44(29-27-38)59(56-49-24-14-10-18-41(49)35-42-19-11-15-25-50(42)56)46-31-33-52-51-32-30-45(36-53(51)57(2,3)54(52)37-46)58(43-20-6-5-7-21-43)55-47-22-12-8-16-39(47)34-40-17-9-13-23-48(40)55/h4-37H,1H2,2-3H3. The number of anilines is 6. The van der Waals surface area contributed by atoms with Gasteiger partial charge in [0.1, 0.15) is 0 Å². The van der Waals surface area contributed by atoms with Gasteiger partial charge in [0.15, 0.2) is 0 Å². The van der Waals surface area contributed by atoms with Gasteiger partial charge in [0.25, 0.3) is 0 Å².